The van der Waals surface area contributed by atoms with Crippen molar-refractivity contribution >= 4 is 33.2 Å². The van der Waals surface area contributed by atoms with Gasteiger partial charge >= 0.3 is 0 Å². The van der Waals surface area contributed by atoms with Crippen molar-refractivity contribution in [2.24, 2.45) is 10.7 Å². The van der Waals surface area contributed by atoms with Gasteiger partial charge in [0.05, 0.1) is 20.3 Å². The summed E-state index contributed by atoms with van der Waals surface area (Å²) in [6, 6.07) is 7.41. The highest BCUT2D eigenvalue weighted by atomic mass is 32.2. The van der Waals surface area contributed by atoms with Gasteiger partial charge in [-0.05, 0) is 36.6 Å². The normalized spacial score (nSPS) is 15.2. The van der Waals surface area contributed by atoms with Gasteiger partial charge in [0, 0.05) is 54.9 Å². The zero-order chi connectivity index (χ0) is 22.6. The lowest BCUT2D eigenvalue weighted by Gasteiger charge is -2.22. The minimum absolute atomic E-state index is 0.00355. The number of nitrogens with zero attached hydrogens (tertiary/aromatic N) is 3. The van der Waals surface area contributed by atoms with E-state index < -0.39 is 9.73 Å². The van der Waals surface area contributed by atoms with E-state index in [0.29, 0.717) is 41.5 Å². The highest BCUT2D eigenvalue weighted by Gasteiger charge is 2.21. The number of aliphatic imine (C=N–C) groups is 1. The number of amides is 1. The number of benzene rings is 1. The Kier molecular flexibility index (Phi) is 6.90. The van der Waals surface area contributed by atoms with Crippen LogP contribution in [0.25, 0.3) is 17.2 Å². The fourth-order valence-electron chi connectivity index (χ4n) is 3.56. The van der Waals surface area contributed by atoms with Crippen molar-refractivity contribution in [2.45, 2.75) is 38.0 Å². The molecule has 0 aliphatic carbocycles. The van der Waals surface area contributed by atoms with Crippen molar-refractivity contribution in [2.75, 3.05) is 19.3 Å². The van der Waals surface area contributed by atoms with E-state index in [9.17, 15) is 9.00 Å². The fraction of sp³-hybridized carbons (Fsp3) is 0.348. The summed E-state index contributed by atoms with van der Waals surface area (Å²) in [6.45, 7) is 5.55. The number of amidine groups is 1. The van der Waals surface area contributed by atoms with Crippen LogP contribution in [-0.4, -0.2) is 45.2 Å². The van der Waals surface area contributed by atoms with E-state index in [-0.39, 0.29) is 5.91 Å². The number of hydrogen-bond acceptors (Lipinski definition) is 6. The molecule has 1 aliphatic heterocycles. The molecule has 3 rings (SSSR count). The van der Waals surface area contributed by atoms with E-state index in [1.807, 2.05) is 29.2 Å². The quantitative estimate of drug-likeness (QED) is 0.673. The zero-order valence-corrected chi connectivity index (χ0v) is 19.0. The van der Waals surface area contributed by atoms with Crippen LogP contribution >= 0.6 is 0 Å². The second-order valence-corrected chi connectivity index (χ2v) is 9.93. The van der Waals surface area contributed by atoms with Gasteiger partial charge in [-0.15, -0.1) is 0 Å². The number of carbonyl (C=O) groups is 1. The van der Waals surface area contributed by atoms with Gasteiger partial charge in [0.1, 0.15) is 5.84 Å². The Balaban J connectivity index is 2.00. The molecule has 1 aliphatic rings. The maximum Gasteiger partial charge on any atom is 0.250 e. The molecule has 1 atom stereocenters. The third-order valence-electron chi connectivity index (χ3n) is 5.04. The second-order valence-electron chi connectivity index (χ2n) is 7.77. The van der Waals surface area contributed by atoms with Crippen LogP contribution in [0.1, 0.15) is 38.7 Å². The molecule has 0 radical (unpaired) electrons. The largest absolute Gasteiger partial charge is 0.387 e. The van der Waals surface area contributed by atoms with Crippen LogP contribution in [0, 0.1) is 4.78 Å². The first-order chi connectivity index (χ1) is 14.7. The van der Waals surface area contributed by atoms with Gasteiger partial charge in [-0.2, -0.15) is 0 Å². The Morgan fingerprint density at radius 2 is 1.87 bits per heavy atom. The third-order valence-corrected chi connectivity index (χ3v) is 6.16. The topological polar surface area (TPSA) is 112 Å². The molecule has 1 unspecified atom stereocenters. The summed E-state index contributed by atoms with van der Waals surface area (Å²) in [5.74, 6) is 0.391. The van der Waals surface area contributed by atoms with Crippen molar-refractivity contribution in [3.63, 3.8) is 0 Å². The Labute approximate surface area is 184 Å². The molecule has 2 aromatic rings. The van der Waals surface area contributed by atoms with E-state index in [4.69, 9.17) is 10.5 Å². The predicted molar refractivity (Wildman–Crippen MR) is 126 cm³/mol. The van der Waals surface area contributed by atoms with Gasteiger partial charge in [0.25, 0.3) is 0 Å². The van der Waals surface area contributed by atoms with E-state index >= 15 is 0 Å². The van der Waals surface area contributed by atoms with Gasteiger partial charge in [0.15, 0.2) is 0 Å². The van der Waals surface area contributed by atoms with Crippen molar-refractivity contribution in [3.8, 4) is 11.1 Å². The van der Waals surface area contributed by atoms with Gasteiger partial charge in [0.2, 0.25) is 5.91 Å². The molecule has 2 heterocycles. The third kappa shape index (κ3) is 5.38. The number of nitrogens with two attached hydrogens (primary N) is 1. The molecule has 31 heavy (non-hydrogen) atoms. The SMILES string of the molecule is CCCN(CCC)C(=O)C1=Cc2ccc(-c3cncc(S(C)(=N)=O)c3)cc2N=C(N)C1. The van der Waals surface area contributed by atoms with E-state index in [1.54, 1.807) is 12.3 Å². The number of carbonyl (C=O) groups excluding carboxylic acids is 1. The van der Waals surface area contributed by atoms with Crippen molar-refractivity contribution in [1.82, 2.24) is 9.88 Å². The van der Waals surface area contributed by atoms with E-state index in [2.05, 4.69) is 23.8 Å². The lowest BCUT2D eigenvalue weighted by molar-refractivity contribution is -0.127. The zero-order valence-electron chi connectivity index (χ0n) is 18.2. The highest BCUT2D eigenvalue weighted by Crippen LogP contribution is 2.32. The first-order valence-corrected chi connectivity index (χ1v) is 12.4. The van der Waals surface area contributed by atoms with E-state index in [0.717, 1.165) is 29.5 Å². The van der Waals surface area contributed by atoms with Crippen LogP contribution in [0.3, 0.4) is 0 Å². The number of hydrogen-bond donors (Lipinski definition) is 2. The maximum atomic E-state index is 13.1. The molecule has 8 heteroatoms. The van der Waals surface area contributed by atoms with Crippen LogP contribution in [0.15, 0.2) is 52.1 Å². The summed E-state index contributed by atoms with van der Waals surface area (Å²) in [4.78, 5) is 24.0. The lowest BCUT2D eigenvalue weighted by atomic mass is 10.0. The predicted octanol–water partition coefficient (Wildman–Crippen LogP) is 4.21. The van der Waals surface area contributed by atoms with Crippen LogP contribution in [0.2, 0.25) is 0 Å². The molecular weight excluding hydrogens is 410 g/mol. The number of rotatable bonds is 7. The standard InChI is InChI=1S/C23H29N5O2S/c1-4-8-28(9-5-2)23(29)18-10-17-7-6-16(12-21(17)27-22(24)13-18)19-11-20(15-26-14-19)31(3,25)30/h6-7,10-12,14-15,25H,4-5,8-9,13H2,1-3H3,(H2,24,27). The van der Waals surface area contributed by atoms with Crippen molar-refractivity contribution in [3.05, 3.63) is 47.8 Å². The monoisotopic (exact) mass is 439 g/mol. The summed E-state index contributed by atoms with van der Waals surface area (Å²) < 4.78 is 19.9. The van der Waals surface area contributed by atoms with Crippen molar-refractivity contribution in [1.29, 1.82) is 4.78 Å². The molecule has 0 saturated heterocycles. The molecule has 3 N–H and O–H groups in total. The summed E-state index contributed by atoms with van der Waals surface area (Å²) in [7, 11) is -2.86. The molecule has 1 aromatic heterocycles. The van der Waals surface area contributed by atoms with Crippen LogP contribution < -0.4 is 5.73 Å². The maximum absolute atomic E-state index is 13.1. The molecule has 0 fully saturated rings. The lowest BCUT2D eigenvalue weighted by Crippen LogP contribution is -2.34. The average Bonchev–Trinajstić information content (AvgIpc) is 2.90. The Bertz CT molecular complexity index is 1150. The van der Waals surface area contributed by atoms with Crippen LogP contribution in [0.5, 0.6) is 0 Å². The first-order valence-electron chi connectivity index (χ1n) is 10.4. The summed E-state index contributed by atoms with van der Waals surface area (Å²) in [5, 5.41) is 0. The fourth-order valence-corrected chi connectivity index (χ4v) is 4.17. The summed E-state index contributed by atoms with van der Waals surface area (Å²) >= 11 is 0. The van der Waals surface area contributed by atoms with E-state index in [1.165, 1.54) is 12.5 Å². The number of nitrogens with one attached hydrogen (secondary N) is 1. The molecule has 1 amide bonds. The molecule has 164 valence electrons. The number of pyridine rings is 1. The molecule has 7 nitrogen and oxygen atoms in total. The number of fused-ring (bicyclic) bond motifs is 1. The van der Waals surface area contributed by atoms with Gasteiger partial charge < -0.3 is 10.6 Å². The van der Waals surface area contributed by atoms with Gasteiger partial charge in [-0.3, -0.25) is 9.78 Å². The Morgan fingerprint density at radius 1 is 1.16 bits per heavy atom. The molecule has 0 spiro atoms. The highest BCUT2D eigenvalue weighted by molar-refractivity contribution is 7.91. The average molecular weight is 440 g/mol. The number of aromatic nitrogens is 1. The summed E-state index contributed by atoms with van der Waals surface area (Å²) in [5.41, 5.74) is 9.87. The summed E-state index contributed by atoms with van der Waals surface area (Å²) in [6.07, 6.45) is 8.48. The van der Waals surface area contributed by atoms with Crippen LogP contribution in [-0.2, 0) is 14.5 Å². The second kappa shape index (κ2) is 9.43. The minimum Gasteiger partial charge on any atom is -0.387 e. The molecule has 0 bridgehead atoms. The Morgan fingerprint density at radius 3 is 2.52 bits per heavy atom. The van der Waals surface area contributed by atoms with Crippen LogP contribution in [0.4, 0.5) is 5.69 Å². The van der Waals surface area contributed by atoms with Gasteiger partial charge in [-0.1, -0.05) is 26.0 Å². The van der Waals surface area contributed by atoms with Crippen molar-refractivity contribution < 1.29 is 9.00 Å². The molecule has 1 aromatic carbocycles. The smallest absolute Gasteiger partial charge is 0.250 e. The Hall–Kier alpha value is -3.00. The van der Waals surface area contributed by atoms with Gasteiger partial charge in [-0.25, -0.2) is 14.0 Å². The first kappa shape index (κ1) is 22.7. The molecular formula is C23H29N5O2S. The minimum atomic E-state index is -2.86. The molecule has 0 saturated carbocycles.